The maximum absolute atomic E-state index is 13.2. The van der Waals surface area contributed by atoms with Crippen LogP contribution in [0.15, 0.2) is 72.8 Å². The Bertz CT molecular complexity index is 901. The minimum atomic E-state index is 0.0656. The highest BCUT2D eigenvalue weighted by Crippen LogP contribution is 2.19. The number of methoxy groups -OCH3 is 2. The molecule has 0 bridgehead atoms. The molecule has 0 atom stereocenters. The van der Waals surface area contributed by atoms with Crippen LogP contribution in [0.25, 0.3) is 0 Å². The lowest BCUT2D eigenvalue weighted by Crippen LogP contribution is -2.31. The van der Waals surface area contributed by atoms with E-state index >= 15 is 0 Å². The lowest BCUT2D eigenvalue weighted by atomic mass is 10.1. The summed E-state index contributed by atoms with van der Waals surface area (Å²) in [6, 6.07) is 23.3. The summed E-state index contributed by atoms with van der Waals surface area (Å²) in [7, 11) is 3.29. The molecule has 1 amide bonds. The van der Waals surface area contributed by atoms with E-state index in [1.807, 2.05) is 84.6 Å². The van der Waals surface area contributed by atoms with Gasteiger partial charge in [-0.25, -0.2) is 0 Å². The number of carbonyl (C=O) groups excluding carboxylic acids is 1. The number of rotatable bonds is 10. The molecule has 0 saturated heterocycles. The van der Waals surface area contributed by atoms with Gasteiger partial charge < -0.3 is 19.1 Å². The molecule has 5 nitrogen and oxygen atoms in total. The monoisotopic (exact) mass is 419 g/mol. The van der Waals surface area contributed by atoms with E-state index in [2.05, 4.69) is 0 Å². The Morgan fingerprint density at radius 3 is 1.52 bits per heavy atom. The maximum atomic E-state index is 13.2. The first-order valence-corrected chi connectivity index (χ1v) is 10.4. The molecular formula is C26H29NO4. The Balaban J connectivity index is 1.75. The van der Waals surface area contributed by atoms with Crippen LogP contribution in [0.3, 0.4) is 0 Å². The average Bonchev–Trinajstić information content (AvgIpc) is 2.81. The molecule has 0 unspecified atom stereocenters. The summed E-state index contributed by atoms with van der Waals surface area (Å²) in [6.45, 7) is 3.61. The molecule has 0 aliphatic rings. The molecule has 0 N–H and O–H groups in total. The molecule has 0 radical (unpaired) electrons. The van der Waals surface area contributed by atoms with E-state index in [0.717, 1.165) is 33.9 Å². The van der Waals surface area contributed by atoms with Crippen molar-refractivity contribution in [3.8, 4) is 17.2 Å². The van der Waals surface area contributed by atoms with Crippen LogP contribution in [0.5, 0.6) is 17.2 Å². The Labute approximate surface area is 184 Å². The minimum absolute atomic E-state index is 0.0656. The lowest BCUT2D eigenvalue weighted by molar-refractivity contribution is -0.131. The number of hydrogen-bond donors (Lipinski definition) is 0. The predicted molar refractivity (Wildman–Crippen MR) is 122 cm³/mol. The number of ether oxygens (including phenoxy) is 3. The zero-order valence-corrected chi connectivity index (χ0v) is 18.3. The third kappa shape index (κ3) is 6.51. The minimum Gasteiger partial charge on any atom is -0.497 e. The fourth-order valence-corrected chi connectivity index (χ4v) is 3.29. The Morgan fingerprint density at radius 2 is 1.10 bits per heavy atom. The Hall–Kier alpha value is -3.47. The van der Waals surface area contributed by atoms with E-state index in [0.29, 0.717) is 26.1 Å². The molecule has 0 heterocycles. The standard InChI is InChI=1S/C26H29NO4/c1-4-31-25-15-5-20(6-16-25)17-26(28)27(18-21-7-11-23(29-2)12-8-21)19-22-9-13-24(30-3)14-10-22/h5-16H,4,17-19H2,1-3H3. The summed E-state index contributed by atoms with van der Waals surface area (Å²) in [6.07, 6.45) is 0.332. The molecule has 3 rings (SSSR count). The highest BCUT2D eigenvalue weighted by molar-refractivity contribution is 5.78. The fraction of sp³-hybridized carbons (Fsp3) is 0.269. The Kier molecular flexibility index (Phi) is 7.93. The van der Waals surface area contributed by atoms with E-state index in [4.69, 9.17) is 14.2 Å². The van der Waals surface area contributed by atoms with Gasteiger partial charge in [0.15, 0.2) is 0 Å². The fourth-order valence-electron chi connectivity index (χ4n) is 3.29. The molecule has 0 aliphatic carbocycles. The molecular weight excluding hydrogens is 390 g/mol. The van der Waals surface area contributed by atoms with Crippen LogP contribution in [0.1, 0.15) is 23.6 Å². The van der Waals surface area contributed by atoms with Gasteiger partial charge in [0.2, 0.25) is 5.91 Å². The summed E-state index contributed by atoms with van der Waals surface area (Å²) in [5.74, 6) is 2.47. The van der Waals surface area contributed by atoms with Gasteiger partial charge in [0, 0.05) is 13.1 Å². The molecule has 3 aromatic carbocycles. The molecule has 0 spiro atoms. The Morgan fingerprint density at radius 1 is 0.677 bits per heavy atom. The number of carbonyl (C=O) groups is 1. The van der Waals surface area contributed by atoms with Crippen molar-refractivity contribution in [2.75, 3.05) is 20.8 Å². The molecule has 0 aromatic heterocycles. The van der Waals surface area contributed by atoms with Gasteiger partial charge in [-0.3, -0.25) is 4.79 Å². The molecule has 0 saturated carbocycles. The molecule has 5 heteroatoms. The van der Waals surface area contributed by atoms with Crippen LogP contribution in [0.2, 0.25) is 0 Å². The van der Waals surface area contributed by atoms with Gasteiger partial charge in [-0.1, -0.05) is 36.4 Å². The van der Waals surface area contributed by atoms with Crippen molar-refractivity contribution < 1.29 is 19.0 Å². The van der Waals surface area contributed by atoms with Crippen molar-refractivity contribution in [1.29, 1.82) is 0 Å². The van der Waals surface area contributed by atoms with Gasteiger partial charge >= 0.3 is 0 Å². The number of nitrogens with zero attached hydrogens (tertiary/aromatic N) is 1. The molecule has 162 valence electrons. The SMILES string of the molecule is CCOc1ccc(CC(=O)N(Cc2ccc(OC)cc2)Cc2ccc(OC)cc2)cc1. The molecule has 3 aromatic rings. The van der Waals surface area contributed by atoms with E-state index in [9.17, 15) is 4.79 Å². The normalized spacial score (nSPS) is 10.4. The highest BCUT2D eigenvalue weighted by Gasteiger charge is 2.16. The molecule has 0 aliphatic heterocycles. The second kappa shape index (κ2) is 11.1. The quantitative estimate of drug-likeness (QED) is 0.470. The average molecular weight is 420 g/mol. The zero-order chi connectivity index (χ0) is 22.1. The lowest BCUT2D eigenvalue weighted by Gasteiger charge is -2.23. The van der Waals surface area contributed by atoms with Crippen molar-refractivity contribution in [3.05, 3.63) is 89.5 Å². The van der Waals surface area contributed by atoms with E-state index < -0.39 is 0 Å². The molecule has 31 heavy (non-hydrogen) atoms. The first kappa shape index (κ1) is 22.2. The van der Waals surface area contributed by atoms with Crippen LogP contribution in [-0.4, -0.2) is 31.6 Å². The first-order valence-electron chi connectivity index (χ1n) is 10.4. The summed E-state index contributed by atoms with van der Waals surface area (Å²) >= 11 is 0. The number of amides is 1. The second-order valence-corrected chi connectivity index (χ2v) is 7.20. The first-order chi connectivity index (χ1) is 15.1. The van der Waals surface area contributed by atoms with E-state index in [1.54, 1.807) is 14.2 Å². The largest absolute Gasteiger partial charge is 0.497 e. The highest BCUT2D eigenvalue weighted by atomic mass is 16.5. The maximum Gasteiger partial charge on any atom is 0.227 e. The predicted octanol–water partition coefficient (Wildman–Crippen LogP) is 4.87. The van der Waals surface area contributed by atoms with Crippen molar-refractivity contribution in [2.24, 2.45) is 0 Å². The van der Waals surface area contributed by atoms with Crippen LogP contribution in [0, 0.1) is 0 Å². The third-order valence-corrected chi connectivity index (χ3v) is 5.01. The van der Waals surface area contributed by atoms with Crippen LogP contribution < -0.4 is 14.2 Å². The second-order valence-electron chi connectivity index (χ2n) is 7.20. The number of hydrogen-bond acceptors (Lipinski definition) is 4. The van der Waals surface area contributed by atoms with Crippen molar-refractivity contribution in [2.45, 2.75) is 26.4 Å². The van der Waals surface area contributed by atoms with Gasteiger partial charge in [0.05, 0.1) is 27.2 Å². The summed E-state index contributed by atoms with van der Waals surface area (Å²) in [4.78, 5) is 15.1. The van der Waals surface area contributed by atoms with Gasteiger partial charge in [-0.2, -0.15) is 0 Å². The van der Waals surface area contributed by atoms with Crippen molar-refractivity contribution in [3.63, 3.8) is 0 Å². The smallest absolute Gasteiger partial charge is 0.227 e. The molecule has 0 fully saturated rings. The summed E-state index contributed by atoms with van der Waals surface area (Å²) in [5, 5.41) is 0. The summed E-state index contributed by atoms with van der Waals surface area (Å²) in [5.41, 5.74) is 3.06. The van der Waals surface area contributed by atoms with E-state index in [1.165, 1.54) is 0 Å². The van der Waals surface area contributed by atoms with Crippen molar-refractivity contribution >= 4 is 5.91 Å². The van der Waals surface area contributed by atoms with Gasteiger partial charge in [-0.15, -0.1) is 0 Å². The summed E-state index contributed by atoms with van der Waals surface area (Å²) < 4.78 is 16.0. The van der Waals surface area contributed by atoms with Crippen molar-refractivity contribution in [1.82, 2.24) is 4.90 Å². The van der Waals surface area contributed by atoms with Gasteiger partial charge in [0.25, 0.3) is 0 Å². The van der Waals surface area contributed by atoms with Gasteiger partial charge in [-0.05, 0) is 60.0 Å². The van der Waals surface area contributed by atoms with Crippen LogP contribution in [0.4, 0.5) is 0 Å². The van der Waals surface area contributed by atoms with E-state index in [-0.39, 0.29) is 5.91 Å². The number of benzene rings is 3. The van der Waals surface area contributed by atoms with Crippen LogP contribution in [-0.2, 0) is 24.3 Å². The van der Waals surface area contributed by atoms with Crippen LogP contribution >= 0.6 is 0 Å². The third-order valence-electron chi connectivity index (χ3n) is 5.01. The topological polar surface area (TPSA) is 48.0 Å². The zero-order valence-electron chi connectivity index (χ0n) is 18.3. The van der Waals surface area contributed by atoms with Gasteiger partial charge in [0.1, 0.15) is 17.2 Å².